The van der Waals surface area contributed by atoms with Crippen LogP contribution in [0, 0.1) is 0 Å². The zero-order valence-corrected chi connectivity index (χ0v) is 12.8. The smallest absolute Gasteiger partial charge is 0.258 e. The number of likely N-dealkylation sites (tertiary alicyclic amines) is 1. The molecular formula is C16H22N2O3. The van der Waals surface area contributed by atoms with Crippen LogP contribution >= 0.6 is 0 Å². The highest BCUT2D eigenvalue weighted by Crippen LogP contribution is 2.25. The molecule has 1 unspecified atom stereocenters. The van der Waals surface area contributed by atoms with Gasteiger partial charge in [0.15, 0.2) is 0 Å². The van der Waals surface area contributed by atoms with E-state index in [2.05, 4.69) is 0 Å². The van der Waals surface area contributed by atoms with Crippen molar-refractivity contribution in [1.82, 2.24) is 9.80 Å². The van der Waals surface area contributed by atoms with Gasteiger partial charge in [-0.3, -0.25) is 9.59 Å². The first-order valence-electron chi connectivity index (χ1n) is 7.30. The molecule has 0 aliphatic carbocycles. The van der Waals surface area contributed by atoms with Crippen molar-refractivity contribution >= 4 is 11.8 Å². The number of para-hydroxylation sites is 1. The molecule has 114 valence electrons. The van der Waals surface area contributed by atoms with Crippen molar-refractivity contribution < 1.29 is 14.3 Å². The fourth-order valence-electron chi connectivity index (χ4n) is 2.64. The van der Waals surface area contributed by atoms with Gasteiger partial charge in [-0.15, -0.1) is 0 Å². The second-order valence-electron chi connectivity index (χ2n) is 5.32. The molecule has 0 radical (unpaired) electrons. The zero-order valence-electron chi connectivity index (χ0n) is 12.8. The Hall–Kier alpha value is -2.04. The van der Waals surface area contributed by atoms with E-state index in [1.54, 1.807) is 36.0 Å². The van der Waals surface area contributed by atoms with Gasteiger partial charge >= 0.3 is 0 Å². The standard InChI is InChI=1S/C16H22N2O3/c1-4-21-14-10-6-5-8-12(14)15(19)18-11-7-9-13(18)16(20)17(2)3/h5-6,8,10,13H,4,7,9,11H2,1-3H3. The van der Waals surface area contributed by atoms with Gasteiger partial charge in [-0.1, -0.05) is 12.1 Å². The minimum atomic E-state index is -0.359. The summed E-state index contributed by atoms with van der Waals surface area (Å²) in [5.74, 6) is 0.430. The average Bonchev–Trinajstić information content (AvgIpc) is 2.95. The van der Waals surface area contributed by atoms with Crippen LogP contribution in [-0.4, -0.2) is 54.9 Å². The summed E-state index contributed by atoms with van der Waals surface area (Å²) < 4.78 is 5.52. The fourth-order valence-corrected chi connectivity index (χ4v) is 2.64. The summed E-state index contributed by atoms with van der Waals surface area (Å²) in [6.07, 6.45) is 1.58. The van der Waals surface area contributed by atoms with Crippen LogP contribution in [0.2, 0.25) is 0 Å². The molecule has 0 N–H and O–H groups in total. The van der Waals surface area contributed by atoms with Gasteiger partial charge in [0.1, 0.15) is 11.8 Å². The first kappa shape index (κ1) is 15.4. The van der Waals surface area contributed by atoms with E-state index in [9.17, 15) is 9.59 Å². The Kier molecular flexibility index (Phi) is 4.83. The average molecular weight is 290 g/mol. The monoisotopic (exact) mass is 290 g/mol. The summed E-state index contributed by atoms with van der Waals surface area (Å²) in [7, 11) is 3.44. The van der Waals surface area contributed by atoms with Crippen LogP contribution in [-0.2, 0) is 4.79 Å². The molecular weight excluding hydrogens is 268 g/mol. The summed E-state index contributed by atoms with van der Waals surface area (Å²) in [6.45, 7) is 3.00. The number of likely N-dealkylation sites (N-methyl/N-ethyl adjacent to an activating group) is 1. The largest absolute Gasteiger partial charge is 0.493 e. The Morgan fingerprint density at radius 3 is 2.71 bits per heavy atom. The first-order chi connectivity index (χ1) is 10.1. The molecule has 1 saturated heterocycles. The molecule has 0 spiro atoms. The van der Waals surface area contributed by atoms with Gasteiger partial charge in [-0.25, -0.2) is 0 Å². The molecule has 1 fully saturated rings. The number of carbonyl (C=O) groups is 2. The quantitative estimate of drug-likeness (QED) is 0.849. The highest BCUT2D eigenvalue weighted by Gasteiger charge is 2.36. The van der Waals surface area contributed by atoms with E-state index < -0.39 is 0 Å². The maximum Gasteiger partial charge on any atom is 0.258 e. The second kappa shape index (κ2) is 6.61. The van der Waals surface area contributed by atoms with E-state index in [-0.39, 0.29) is 17.9 Å². The molecule has 5 heteroatoms. The number of rotatable bonds is 4. The molecule has 1 aromatic carbocycles. The molecule has 0 bridgehead atoms. The highest BCUT2D eigenvalue weighted by molar-refractivity contribution is 6.00. The van der Waals surface area contributed by atoms with Crippen LogP contribution in [0.15, 0.2) is 24.3 Å². The predicted octanol–water partition coefficient (Wildman–Crippen LogP) is 1.78. The topological polar surface area (TPSA) is 49.9 Å². The van der Waals surface area contributed by atoms with Crippen LogP contribution in [0.25, 0.3) is 0 Å². The van der Waals surface area contributed by atoms with Crippen molar-refractivity contribution in [1.29, 1.82) is 0 Å². The Balaban J connectivity index is 2.25. The minimum absolute atomic E-state index is 0.0188. The number of hydrogen-bond donors (Lipinski definition) is 0. The van der Waals surface area contributed by atoms with Gasteiger partial charge in [0, 0.05) is 20.6 Å². The molecule has 21 heavy (non-hydrogen) atoms. The number of benzene rings is 1. The number of carbonyl (C=O) groups excluding carboxylic acids is 2. The lowest BCUT2D eigenvalue weighted by molar-refractivity contribution is -0.132. The molecule has 0 saturated carbocycles. The summed E-state index contributed by atoms with van der Waals surface area (Å²) in [6, 6.07) is 6.84. The third-order valence-electron chi connectivity index (χ3n) is 3.66. The zero-order chi connectivity index (χ0) is 15.4. The summed E-state index contributed by atoms with van der Waals surface area (Å²) in [4.78, 5) is 28.2. The van der Waals surface area contributed by atoms with Crippen molar-refractivity contribution in [2.24, 2.45) is 0 Å². The lowest BCUT2D eigenvalue weighted by Crippen LogP contribution is -2.45. The van der Waals surface area contributed by atoms with Crippen molar-refractivity contribution in [3.05, 3.63) is 29.8 Å². The molecule has 1 aliphatic heterocycles. The van der Waals surface area contributed by atoms with Crippen molar-refractivity contribution in [2.45, 2.75) is 25.8 Å². The van der Waals surface area contributed by atoms with Crippen LogP contribution in [0.1, 0.15) is 30.1 Å². The van der Waals surface area contributed by atoms with Crippen molar-refractivity contribution in [2.75, 3.05) is 27.2 Å². The lowest BCUT2D eigenvalue weighted by Gasteiger charge is -2.26. The maximum atomic E-state index is 12.8. The SMILES string of the molecule is CCOc1ccccc1C(=O)N1CCCC1C(=O)N(C)C. The first-order valence-corrected chi connectivity index (χ1v) is 7.30. The Morgan fingerprint density at radius 1 is 1.33 bits per heavy atom. The number of nitrogens with zero attached hydrogens (tertiary/aromatic N) is 2. The van der Waals surface area contributed by atoms with Gasteiger partial charge in [0.2, 0.25) is 5.91 Å². The van der Waals surface area contributed by atoms with Crippen LogP contribution < -0.4 is 4.74 Å². The highest BCUT2D eigenvalue weighted by atomic mass is 16.5. The van der Waals surface area contributed by atoms with E-state index >= 15 is 0 Å². The molecule has 1 atom stereocenters. The van der Waals surface area contributed by atoms with Gasteiger partial charge in [-0.2, -0.15) is 0 Å². The molecule has 1 aromatic rings. The maximum absolute atomic E-state index is 12.8. The van der Waals surface area contributed by atoms with Crippen LogP contribution in [0.5, 0.6) is 5.75 Å². The predicted molar refractivity (Wildman–Crippen MR) is 80.4 cm³/mol. The van der Waals surface area contributed by atoms with Crippen LogP contribution in [0.3, 0.4) is 0 Å². The van der Waals surface area contributed by atoms with E-state index in [0.29, 0.717) is 24.5 Å². The number of amides is 2. The van der Waals surface area contributed by atoms with E-state index in [1.165, 1.54) is 0 Å². The Labute approximate surface area is 125 Å². The molecule has 1 aliphatic rings. The lowest BCUT2D eigenvalue weighted by atomic mass is 10.1. The molecule has 5 nitrogen and oxygen atoms in total. The Bertz CT molecular complexity index is 528. The fraction of sp³-hybridized carbons (Fsp3) is 0.500. The number of hydrogen-bond acceptors (Lipinski definition) is 3. The van der Waals surface area contributed by atoms with Gasteiger partial charge in [-0.05, 0) is 31.9 Å². The third kappa shape index (κ3) is 3.17. The summed E-state index contributed by atoms with van der Waals surface area (Å²) in [5, 5.41) is 0. The second-order valence-corrected chi connectivity index (χ2v) is 5.32. The molecule has 2 amide bonds. The summed E-state index contributed by atoms with van der Waals surface area (Å²) in [5.41, 5.74) is 0.526. The van der Waals surface area contributed by atoms with Gasteiger partial charge in [0.05, 0.1) is 12.2 Å². The van der Waals surface area contributed by atoms with Crippen LogP contribution in [0.4, 0.5) is 0 Å². The normalized spacial score (nSPS) is 17.7. The molecule has 1 heterocycles. The van der Waals surface area contributed by atoms with Gasteiger partial charge < -0.3 is 14.5 Å². The molecule has 0 aromatic heterocycles. The van der Waals surface area contributed by atoms with Gasteiger partial charge in [0.25, 0.3) is 5.91 Å². The van der Waals surface area contributed by atoms with E-state index in [0.717, 1.165) is 12.8 Å². The van der Waals surface area contributed by atoms with Crippen molar-refractivity contribution in [3.63, 3.8) is 0 Å². The third-order valence-corrected chi connectivity index (χ3v) is 3.66. The van der Waals surface area contributed by atoms with Crippen molar-refractivity contribution in [3.8, 4) is 5.75 Å². The Morgan fingerprint density at radius 2 is 2.05 bits per heavy atom. The number of ether oxygens (including phenoxy) is 1. The summed E-state index contributed by atoms with van der Waals surface area (Å²) >= 11 is 0. The molecule has 2 rings (SSSR count). The van der Waals surface area contributed by atoms with E-state index in [1.807, 2.05) is 19.1 Å². The minimum Gasteiger partial charge on any atom is -0.493 e. The van der Waals surface area contributed by atoms with E-state index in [4.69, 9.17) is 4.74 Å².